The standard InChI is InChI=1S/C23H17F2N3O2/c24-18-8-4-15(5-9-18)22-17(13-26-20-3-1-2-19(25)12-20)14-28(27-22)21-10-6-16(7-11-21)23(29)30/h1-12,14,26H,13H2,(H,29,30). The quantitative estimate of drug-likeness (QED) is 0.467. The molecule has 1 aromatic heterocycles. The molecule has 4 rings (SSSR count). The van der Waals surface area contributed by atoms with Gasteiger partial charge in [-0.3, -0.25) is 0 Å². The largest absolute Gasteiger partial charge is 0.478 e. The van der Waals surface area contributed by atoms with Crippen LogP contribution in [0.1, 0.15) is 15.9 Å². The maximum Gasteiger partial charge on any atom is 0.335 e. The number of anilines is 1. The molecule has 2 N–H and O–H groups in total. The normalized spacial score (nSPS) is 10.7. The molecule has 3 aromatic carbocycles. The molecule has 0 saturated heterocycles. The van der Waals surface area contributed by atoms with E-state index in [9.17, 15) is 13.6 Å². The number of aromatic nitrogens is 2. The van der Waals surface area contributed by atoms with Crippen LogP contribution < -0.4 is 5.32 Å². The van der Waals surface area contributed by atoms with Gasteiger partial charge in [-0.1, -0.05) is 6.07 Å². The van der Waals surface area contributed by atoms with Crippen LogP contribution in [-0.2, 0) is 6.54 Å². The van der Waals surface area contributed by atoms with Crippen LogP contribution in [0.3, 0.4) is 0 Å². The number of nitrogens with one attached hydrogen (secondary N) is 1. The third-order valence-corrected chi connectivity index (χ3v) is 4.59. The minimum Gasteiger partial charge on any atom is -0.478 e. The van der Waals surface area contributed by atoms with Gasteiger partial charge in [0.1, 0.15) is 11.6 Å². The monoisotopic (exact) mass is 405 g/mol. The highest BCUT2D eigenvalue weighted by Gasteiger charge is 2.13. The molecule has 1 heterocycles. The van der Waals surface area contributed by atoms with Gasteiger partial charge >= 0.3 is 5.97 Å². The number of benzene rings is 3. The van der Waals surface area contributed by atoms with Crippen molar-refractivity contribution in [2.75, 3.05) is 5.32 Å². The van der Waals surface area contributed by atoms with Crippen molar-refractivity contribution in [1.29, 1.82) is 0 Å². The molecule has 150 valence electrons. The molecule has 0 amide bonds. The van der Waals surface area contributed by atoms with Crippen LogP contribution in [0.4, 0.5) is 14.5 Å². The smallest absolute Gasteiger partial charge is 0.335 e. The van der Waals surface area contributed by atoms with Crippen molar-refractivity contribution >= 4 is 11.7 Å². The Hall–Kier alpha value is -4.00. The Morgan fingerprint density at radius 3 is 2.37 bits per heavy atom. The molecule has 0 aliphatic heterocycles. The Kier molecular flexibility index (Phi) is 5.26. The molecule has 7 heteroatoms. The molecule has 30 heavy (non-hydrogen) atoms. The average molecular weight is 405 g/mol. The predicted molar refractivity (Wildman–Crippen MR) is 110 cm³/mol. The second kappa shape index (κ2) is 8.16. The van der Waals surface area contributed by atoms with E-state index in [1.165, 1.54) is 36.4 Å². The van der Waals surface area contributed by atoms with Gasteiger partial charge in [0, 0.05) is 29.6 Å². The zero-order valence-electron chi connectivity index (χ0n) is 15.7. The summed E-state index contributed by atoms with van der Waals surface area (Å²) in [4.78, 5) is 11.1. The molecule has 5 nitrogen and oxygen atoms in total. The van der Waals surface area contributed by atoms with Crippen molar-refractivity contribution in [2.45, 2.75) is 6.54 Å². The van der Waals surface area contributed by atoms with E-state index < -0.39 is 5.97 Å². The first-order valence-electron chi connectivity index (χ1n) is 9.17. The van der Waals surface area contributed by atoms with Crippen molar-refractivity contribution in [3.8, 4) is 16.9 Å². The van der Waals surface area contributed by atoms with Gasteiger partial charge in [0.15, 0.2) is 0 Å². The number of halogens is 2. The highest BCUT2D eigenvalue weighted by atomic mass is 19.1. The third-order valence-electron chi connectivity index (χ3n) is 4.59. The SMILES string of the molecule is O=C(O)c1ccc(-n2cc(CNc3cccc(F)c3)c(-c3ccc(F)cc3)n2)cc1. The van der Waals surface area contributed by atoms with Gasteiger partial charge in [0.05, 0.1) is 16.9 Å². The van der Waals surface area contributed by atoms with Crippen LogP contribution in [0, 0.1) is 11.6 Å². The Labute approximate surface area is 171 Å². The Morgan fingerprint density at radius 2 is 1.70 bits per heavy atom. The Balaban J connectivity index is 1.69. The second-order valence-electron chi connectivity index (χ2n) is 6.67. The highest BCUT2D eigenvalue weighted by Crippen LogP contribution is 2.25. The van der Waals surface area contributed by atoms with E-state index in [0.717, 1.165) is 11.1 Å². The molecule has 0 aliphatic carbocycles. The molecule has 0 atom stereocenters. The van der Waals surface area contributed by atoms with Gasteiger partial charge in [-0.2, -0.15) is 5.10 Å². The maximum absolute atomic E-state index is 13.5. The first-order valence-corrected chi connectivity index (χ1v) is 9.17. The van der Waals surface area contributed by atoms with Gasteiger partial charge in [0.25, 0.3) is 0 Å². The van der Waals surface area contributed by atoms with E-state index in [4.69, 9.17) is 5.11 Å². The molecule has 0 aliphatic rings. The number of hydrogen-bond acceptors (Lipinski definition) is 3. The maximum atomic E-state index is 13.5. The summed E-state index contributed by atoms with van der Waals surface area (Å²) in [5.41, 5.74) is 3.67. The van der Waals surface area contributed by atoms with Crippen LogP contribution in [-0.4, -0.2) is 20.9 Å². The third kappa shape index (κ3) is 4.20. The number of nitrogens with zero attached hydrogens (tertiary/aromatic N) is 2. The summed E-state index contributed by atoms with van der Waals surface area (Å²) in [5, 5.41) is 16.9. The fraction of sp³-hybridized carbons (Fsp3) is 0.0435. The van der Waals surface area contributed by atoms with Gasteiger partial charge in [-0.05, 0) is 66.7 Å². The molecular formula is C23H17F2N3O2. The number of rotatable bonds is 6. The van der Waals surface area contributed by atoms with Crippen LogP contribution >= 0.6 is 0 Å². The van der Waals surface area contributed by atoms with Gasteiger partial charge in [0.2, 0.25) is 0 Å². The van der Waals surface area contributed by atoms with E-state index in [0.29, 0.717) is 23.6 Å². The summed E-state index contributed by atoms with van der Waals surface area (Å²) in [5.74, 6) is -1.69. The molecule has 0 unspecified atom stereocenters. The highest BCUT2D eigenvalue weighted by molar-refractivity contribution is 5.87. The molecule has 0 bridgehead atoms. The number of carboxylic acid groups (broad SMARTS) is 1. The summed E-state index contributed by atoms with van der Waals surface area (Å²) in [6.07, 6.45) is 1.81. The average Bonchev–Trinajstić information content (AvgIpc) is 3.17. The Morgan fingerprint density at radius 1 is 0.967 bits per heavy atom. The zero-order chi connectivity index (χ0) is 21.1. The van der Waals surface area contributed by atoms with Crippen LogP contribution in [0.25, 0.3) is 16.9 Å². The van der Waals surface area contributed by atoms with Crippen LogP contribution in [0.15, 0.2) is 79.0 Å². The molecule has 4 aromatic rings. The molecule has 0 fully saturated rings. The van der Waals surface area contributed by atoms with Crippen molar-refractivity contribution in [3.05, 3.63) is 102 Å². The summed E-state index contributed by atoms with van der Waals surface area (Å²) >= 11 is 0. The summed E-state index contributed by atoms with van der Waals surface area (Å²) in [6.45, 7) is 0.364. The molecule has 0 radical (unpaired) electrons. The summed E-state index contributed by atoms with van der Waals surface area (Å²) < 4.78 is 28.4. The molecule has 0 saturated carbocycles. The van der Waals surface area contributed by atoms with Crippen molar-refractivity contribution in [2.24, 2.45) is 0 Å². The fourth-order valence-electron chi connectivity index (χ4n) is 3.07. The number of hydrogen-bond donors (Lipinski definition) is 2. The van der Waals surface area contributed by atoms with Crippen LogP contribution in [0.5, 0.6) is 0 Å². The van der Waals surface area contributed by atoms with Gasteiger partial charge < -0.3 is 10.4 Å². The van der Waals surface area contributed by atoms with E-state index in [1.807, 2.05) is 0 Å². The minimum absolute atomic E-state index is 0.178. The topological polar surface area (TPSA) is 67.2 Å². The van der Waals surface area contributed by atoms with Crippen molar-refractivity contribution in [1.82, 2.24) is 9.78 Å². The van der Waals surface area contributed by atoms with Crippen molar-refractivity contribution in [3.63, 3.8) is 0 Å². The van der Waals surface area contributed by atoms with E-state index >= 15 is 0 Å². The van der Waals surface area contributed by atoms with Gasteiger partial charge in [-0.15, -0.1) is 0 Å². The zero-order valence-corrected chi connectivity index (χ0v) is 15.7. The first-order chi connectivity index (χ1) is 14.5. The minimum atomic E-state index is -1.01. The number of aromatic carboxylic acids is 1. The lowest BCUT2D eigenvalue weighted by molar-refractivity contribution is 0.0697. The number of carboxylic acids is 1. The van der Waals surface area contributed by atoms with Crippen molar-refractivity contribution < 1.29 is 18.7 Å². The lowest BCUT2D eigenvalue weighted by Gasteiger charge is -2.07. The molecule has 0 spiro atoms. The fourth-order valence-corrected chi connectivity index (χ4v) is 3.07. The number of carbonyl (C=O) groups is 1. The van der Waals surface area contributed by atoms with E-state index in [-0.39, 0.29) is 17.2 Å². The Bertz CT molecular complexity index is 1190. The molecular weight excluding hydrogens is 388 g/mol. The van der Waals surface area contributed by atoms with Gasteiger partial charge in [-0.25, -0.2) is 18.3 Å². The summed E-state index contributed by atoms with van der Waals surface area (Å²) in [6, 6.07) is 18.5. The lowest BCUT2D eigenvalue weighted by atomic mass is 10.1. The van der Waals surface area contributed by atoms with E-state index in [1.54, 1.807) is 47.3 Å². The van der Waals surface area contributed by atoms with E-state index in [2.05, 4.69) is 10.4 Å². The lowest BCUT2D eigenvalue weighted by Crippen LogP contribution is -2.00. The first kappa shape index (κ1) is 19.3. The predicted octanol–water partition coefficient (Wildman–Crippen LogP) is 5.13. The summed E-state index contributed by atoms with van der Waals surface area (Å²) in [7, 11) is 0. The van der Waals surface area contributed by atoms with Crippen LogP contribution in [0.2, 0.25) is 0 Å². The second-order valence-corrected chi connectivity index (χ2v) is 6.67.